The van der Waals surface area contributed by atoms with Crippen molar-refractivity contribution < 1.29 is 0 Å². The first-order chi connectivity index (χ1) is 9.67. The summed E-state index contributed by atoms with van der Waals surface area (Å²) < 4.78 is 0.932. The molecule has 0 aliphatic heterocycles. The van der Waals surface area contributed by atoms with Crippen molar-refractivity contribution in [2.75, 3.05) is 5.32 Å². The fourth-order valence-electron chi connectivity index (χ4n) is 1.77. The Kier molecular flexibility index (Phi) is 3.49. The largest absolute Gasteiger partial charge is 0.330 e. The molecule has 0 saturated carbocycles. The van der Waals surface area contributed by atoms with Gasteiger partial charge in [0.1, 0.15) is 0 Å². The van der Waals surface area contributed by atoms with Crippen LogP contribution in [0.2, 0.25) is 10.0 Å². The minimum absolute atomic E-state index is 0.481. The molecular formula is C14H7Cl2N3S. The van der Waals surface area contributed by atoms with Gasteiger partial charge in [-0.1, -0.05) is 40.6 Å². The number of anilines is 2. The fourth-order valence-corrected chi connectivity index (χ4v) is 3.17. The number of hydrogen-bond donors (Lipinski definition) is 1. The van der Waals surface area contributed by atoms with Gasteiger partial charge in [-0.3, -0.25) is 0 Å². The molecule has 1 heterocycles. The fraction of sp³-hybridized carbons (Fsp3) is 0. The van der Waals surface area contributed by atoms with Crippen LogP contribution in [0.1, 0.15) is 5.56 Å². The van der Waals surface area contributed by atoms with Crippen LogP contribution in [0.25, 0.3) is 10.2 Å². The lowest BCUT2D eigenvalue weighted by Crippen LogP contribution is -1.90. The highest BCUT2D eigenvalue weighted by Crippen LogP contribution is 2.34. The van der Waals surface area contributed by atoms with Gasteiger partial charge < -0.3 is 5.32 Å². The molecule has 2 aromatic carbocycles. The maximum atomic E-state index is 8.81. The highest BCUT2D eigenvalue weighted by molar-refractivity contribution is 7.22. The first-order valence-electron chi connectivity index (χ1n) is 5.69. The average molecular weight is 320 g/mol. The van der Waals surface area contributed by atoms with Crippen LogP contribution in [0.15, 0.2) is 36.4 Å². The van der Waals surface area contributed by atoms with Crippen LogP contribution in [0.4, 0.5) is 10.8 Å². The third-order valence-corrected chi connectivity index (χ3v) is 4.47. The molecule has 20 heavy (non-hydrogen) atoms. The van der Waals surface area contributed by atoms with E-state index < -0.39 is 0 Å². The summed E-state index contributed by atoms with van der Waals surface area (Å²) in [6.07, 6.45) is 0. The second-order valence-corrected chi connectivity index (χ2v) is 5.85. The summed E-state index contributed by atoms with van der Waals surface area (Å²) in [5.74, 6) is 0. The Morgan fingerprint density at radius 2 is 2.00 bits per heavy atom. The Balaban J connectivity index is 1.97. The van der Waals surface area contributed by atoms with Crippen LogP contribution in [0.5, 0.6) is 0 Å². The van der Waals surface area contributed by atoms with Gasteiger partial charge in [-0.05, 0) is 30.3 Å². The molecule has 1 aromatic heterocycles. The number of aromatic nitrogens is 1. The van der Waals surface area contributed by atoms with Gasteiger partial charge >= 0.3 is 0 Å². The van der Waals surface area contributed by atoms with Crippen molar-refractivity contribution in [1.82, 2.24) is 4.98 Å². The van der Waals surface area contributed by atoms with Gasteiger partial charge in [0.15, 0.2) is 5.13 Å². The average Bonchev–Trinajstić information content (AvgIpc) is 2.85. The molecule has 0 spiro atoms. The topological polar surface area (TPSA) is 48.7 Å². The molecule has 0 radical (unpaired) electrons. The molecule has 3 aromatic rings. The first-order valence-corrected chi connectivity index (χ1v) is 7.26. The molecule has 0 amide bonds. The maximum absolute atomic E-state index is 8.81. The summed E-state index contributed by atoms with van der Waals surface area (Å²) in [5, 5.41) is 13.8. The Bertz CT molecular complexity index is 836. The lowest BCUT2D eigenvalue weighted by Gasteiger charge is -2.04. The van der Waals surface area contributed by atoms with E-state index in [1.807, 2.05) is 24.3 Å². The van der Waals surface area contributed by atoms with Crippen molar-refractivity contribution in [3.63, 3.8) is 0 Å². The number of hydrogen-bond acceptors (Lipinski definition) is 4. The van der Waals surface area contributed by atoms with Crippen molar-refractivity contribution in [3.05, 3.63) is 52.0 Å². The number of rotatable bonds is 2. The highest BCUT2D eigenvalue weighted by Gasteiger charge is 2.08. The van der Waals surface area contributed by atoms with Crippen molar-refractivity contribution in [1.29, 1.82) is 5.26 Å². The minimum atomic E-state index is 0.481. The molecule has 3 rings (SSSR count). The monoisotopic (exact) mass is 319 g/mol. The predicted octanol–water partition coefficient (Wildman–Crippen LogP) is 5.22. The van der Waals surface area contributed by atoms with Crippen LogP contribution in [-0.2, 0) is 0 Å². The van der Waals surface area contributed by atoms with E-state index in [1.165, 1.54) is 11.3 Å². The number of fused-ring (bicyclic) bond motifs is 1. The van der Waals surface area contributed by atoms with Gasteiger partial charge in [0, 0.05) is 0 Å². The molecule has 1 N–H and O–H groups in total. The Hall–Kier alpha value is -1.80. The van der Waals surface area contributed by atoms with Crippen molar-refractivity contribution in [3.8, 4) is 6.07 Å². The van der Waals surface area contributed by atoms with Crippen LogP contribution in [0.3, 0.4) is 0 Å². The molecular weight excluding hydrogens is 313 g/mol. The first kappa shape index (κ1) is 13.2. The number of thiazole rings is 1. The third kappa shape index (κ3) is 2.44. The zero-order chi connectivity index (χ0) is 14.1. The van der Waals surface area contributed by atoms with E-state index >= 15 is 0 Å². The zero-order valence-corrected chi connectivity index (χ0v) is 12.4. The van der Waals surface area contributed by atoms with E-state index in [1.54, 1.807) is 18.2 Å². The van der Waals surface area contributed by atoms with E-state index in [0.29, 0.717) is 26.4 Å². The predicted molar refractivity (Wildman–Crippen MR) is 84.1 cm³/mol. The van der Waals surface area contributed by atoms with E-state index in [-0.39, 0.29) is 0 Å². The van der Waals surface area contributed by atoms with E-state index in [2.05, 4.69) is 10.3 Å². The highest BCUT2D eigenvalue weighted by atomic mass is 35.5. The molecule has 0 atom stereocenters. The second-order valence-electron chi connectivity index (χ2n) is 4.04. The standard InChI is InChI=1S/C14H7Cl2N3S/c15-9-2-1-3-12-13(9)20-14(19-12)18-11-5-4-8(7-17)6-10(11)16/h1-6H,(H,18,19). The van der Waals surface area contributed by atoms with Gasteiger partial charge in [0.2, 0.25) is 0 Å². The van der Waals surface area contributed by atoms with Crippen LogP contribution < -0.4 is 5.32 Å². The molecule has 98 valence electrons. The van der Waals surface area contributed by atoms with E-state index in [9.17, 15) is 0 Å². The normalized spacial score (nSPS) is 10.4. The lowest BCUT2D eigenvalue weighted by molar-refractivity contribution is 1.43. The number of nitrogens with one attached hydrogen (secondary N) is 1. The van der Waals surface area contributed by atoms with Crippen molar-refractivity contribution >= 4 is 55.6 Å². The van der Waals surface area contributed by atoms with Crippen molar-refractivity contribution in [2.45, 2.75) is 0 Å². The lowest BCUT2D eigenvalue weighted by atomic mass is 10.2. The SMILES string of the molecule is N#Cc1ccc(Nc2nc3cccc(Cl)c3s2)c(Cl)c1. The summed E-state index contributed by atoms with van der Waals surface area (Å²) >= 11 is 13.7. The van der Waals surface area contributed by atoms with Crippen molar-refractivity contribution in [2.24, 2.45) is 0 Å². The Labute approximate surface area is 129 Å². The molecule has 6 heteroatoms. The molecule has 0 saturated heterocycles. The van der Waals surface area contributed by atoms with Crippen LogP contribution in [0, 0.1) is 11.3 Å². The molecule has 0 aliphatic rings. The molecule has 0 bridgehead atoms. The summed E-state index contributed by atoms with van der Waals surface area (Å²) in [6, 6.07) is 12.7. The zero-order valence-electron chi connectivity index (χ0n) is 10.0. The Morgan fingerprint density at radius 3 is 2.70 bits per heavy atom. The minimum Gasteiger partial charge on any atom is -0.330 e. The summed E-state index contributed by atoms with van der Waals surface area (Å²) in [4.78, 5) is 4.45. The van der Waals surface area contributed by atoms with Gasteiger partial charge in [0.05, 0.1) is 37.6 Å². The van der Waals surface area contributed by atoms with E-state index in [0.717, 1.165) is 10.2 Å². The van der Waals surface area contributed by atoms with Crippen LogP contribution in [-0.4, -0.2) is 4.98 Å². The number of benzene rings is 2. The summed E-state index contributed by atoms with van der Waals surface area (Å²) in [5.41, 5.74) is 2.07. The van der Waals surface area contributed by atoms with Gasteiger partial charge in [0.25, 0.3) is 0 Å². The summed E-state index contributed by atoms with van der Waals surface area (Å²) in [6.45, 7) is 0. The van der Waals surface area contributed by atoms with E-state index in [4.69, 9.17) is 28.5 Å². The third-order valence-electron chi connectivity index (χ3n) is 2.71. The van der Waals surface area contributed by atoms with Crippen LogP contribution >= 0.6 is 34.5 Å². The number of halogens is 2. The number of nitrogens with zero attached hydrogens (tertiary/aromatic N) is 2. The Morgan fingerprint density at radius 1 is 1.15 bits per heavy atom. The number of nitriles is 1. The smallest absolute Gasteiger partial charge is 0.188 e. The quantitative estimate of drug-likeness (QED) is 0.704. The summed E-state index contributed by atoms with van der Waals surface area (Å²) in [7, 11) is 0. The maximum Gasteiger partial charge on any atom is 0.188 e. The second kappa shape index (κ2) is 5.29. The van der Waals surface area contributed by atoms with Gasteiger partial charge in [-0.2, -0.15) is 5.26 Å². The molecule has 0 aliphatic carbocycles. The molecule has 0 unspecified atom stereocenters. The van der Waals surface area contributed by atoms with Gasteiger partial charge in [-0.15, -0.1) is 0 Å². The molecule has 3 nitrogen and oxygen atoms in total. The van der Waals surface area contributed by atoms with Gasteiger partial charge in [-0.25, -0.2) is 4.98 Å². The molecule has 0 fully saturated rings.